The van der Waals surface area contributed by atoms with Crippen molar-refractivity contribution in [3.05, 3.63) is 46.7 Å². The van der Waals surface area contributed by atoms with Gasteiger partial charge >= 0.3 is 5.97 Å². The third kappa shape index (κ3) is 3.39. The molecule has 5 heteroatoms. The Labute approximate surface area is 154 Å². The van der Waals surface area contributed by atoms with Gasteiger partial charge in [0.15, 0.2) is 0 Å². The van der Waals surface area contributed by atoms with Crippen molar-refractivity contribution in [2.75, 3.05) is 14.2 Å². The minimum Gasteiger partial charge on any atom is -0.497 e. The Morgan fingerprint density at radius 3 is 2.35 bits per heavy atom. The van der Waals surface area contributed by atoms with E-state index in [4.69, 9.17) is 9.47 Å². The van der Waals surface area contributed by atoms with Gasteiger partial charge in [-0.2, -0.15) is 0 Å². The Morgan fingerprint density at radius 1 is 1.12 bits per heavy atom. The molecule has 1 fully saturated rings. The third-order valence-corrected chi connectivity index (χ3v) is 5.20. The van der Waals surface area contributed by atoms with Crippen molar-refractivity contribution in [1.82, 2.24) is 4.90 Å². The van der Waals surface area contributed by atoms with E-state index in [-0.39, 0.29) is 11.9 Å². The van der Waals surface area contributed by atoms with Crippen molar-refractivity contribution in [1.29, 1.82) is 0 Å². The van der Waals surface area contributed by atoms with Crippen LogP contribution in [0.25, 0.3) is 6.08 Å². The van der Waals surface area contributed by atoms with Crippen LogP contribution in [0.15, 0.2) is 41.1 Å². The van der Waals surface area contributed by atoms with Crippen LogP contribution in [0.1, 0.15) is 44.6 Å². The first kappa shape index (κ1) is 18.2. The Kier molecular flexibility index (Phi) is 5.45. The van der Waals surface area contributed by atoms with Crippen molar-refractivity contribution < 1.29 is 19.1 Å². The van der Waals surface area contributed by atoms with Gasteiger partial charge in [-0.3, -0.25) is 4.79 Å². The second-order valence-corrected chi connectivity index (χ2v) is 6.75. The number of esters is 1. The van der Waals surface area contributed by atoms with Gasteiger partial charge in [-0.15, -0.1) is 0 Å². The van der Waals surface area contributed by atoms with E-state index in [0.29, 0.717) is 16.8 Å². The summed E-state index contributed by atoms with van der Waals surface area (Å²) in [7, 11) is 2.96. The molecular formula is C21H25NO4. The lowest BCUT2D eigenvalue weighted by atomic mass is 9.94. The highest BCUT2D eigenvalue weighted by atomic mass is 16.5. The molecule has 1 aromatic rings. The van der Waals surface area contributed by atoms with E-state index in [1.54, 1.807) is 18.1 Å². The highest BCUT2D eigenvalue weighted by molar-refractivity contribution is 6.16. The first-order valence-corrected chi connectivity index (χ1v) is 9.05. The van der Waals surface area contributed by atoms with Gasteiger partial charge in [-0.25, -0.2) is 4.79 Å². The normalized spacial score (nSPS) is 20.0. The van der Waals surface area contributed by atoms with Crippen molar-refractivity contribution in [3.8, 4) is 5.75 Å². The number of carbonyl (C=O) groups is 2. The lowest BCUT2D eigenvalue weighted by Crippen LogP contribution is -2.37. The van der Waals surface area contributed by atoms with E-state index in [0.717, 1.165) is 37.0 Å². The van der Waals surface area contributed by atoms with Crippen LogP contribution in [0, 0.1) is 0 Å². The van der Waals surface area contributed by atoms with Crippen molar-refractivity contribution in [3.63, 3.8) is 0 Å². The average Bonchev–Trinajstić information content (AvgIpc) is 2.92. The number of hydrogen-bond acceptors (Lipinski definition) is 4. The molecule has 26 heavy (non-hydrogen) atoms. The second kappa shape index (κ2) is 7.77. The molecule has 1 amide bonds. The van der Waals surface area contributed by atoms with E-state index in [1.807, 2.05) is 31.2 Å². The van der Waals surface area contributed by atoms with Gasteiger partial charge < -0.3 is 14.4 Å². The summed E-state index contributed by atoms with van der Waals surface area (Å²) in [6, 6.07) is 7.56. The largest absolute Gasteiger partial charge is 0.497 e. The number of rotatable bonds is 4. The van der Waals surface area contributed by atoms with Crippen LogP contribution in [0.4, 0.5) is 0 Å². The van der Waals surface area contributed by atoms with Crippen molar-refractivity contribution >= 4 is 18.0 Å². The predicted molar refractivity (Wildman–Crippen MR) is 99.4 cm³/mol. The van der Waals surface area contributed by atoms with Gasteiger partial charge in [0.2, 0.25) is 0 Å². The molecule has 0 atom stereocenters. The Balaban J connectivity index is 2.00. The highest BCUT2D eigenvalue weighted by Gasteiger charge is 2.40. The van der Waals surface area contributed by atoms with E-state index < -0.39 is 5.97 Å². The number of hydrogen-bond donors (Lipinski definition) is 0. The van der Waals surface area contributed by atoms with E-state index >= 15 is 0 Å². The molecule has 138 valence electrons. The van der Waals surface area contributed by atoms with Crippen LogP contribution >= 0.6 is 0 Å². The molecule has 0 N–H and O–H groups in total. The van der Waals surface area contributed by atoms with Gasteiger partial charge in [-0.1, -0.05) is 31.4 Å². The lowest BCUT2D eigenvalue weighted by Gasteiger charge is -2.32. The zero-order chi connectivity index (χ0) is 18.7. The van der Waals surface area contributed by atoms with E-state index in [9.17, 15) is 9.59 Å². The smallest absolute Gasteiger partial charge is 0.340 e. The number of amides is 1. The first-order chi connectivity index (χ1) is 12.6. The van der Waals surface area contributed by atoms with Crippen LogP contribution in [0.2, 0.25) is 0 Å². The van der Waals surface area contributed by atoms with Gasteiger partial charge in [0.1, 0.15) is 5.75 Å². The van der Waals surface area contributed by atoms with Crippen LogP contribution in [-0.4, -0.2) is 37.0 Å². The van der Waals surface area contributed by atoms with E-state index in [1.165, 1.54) is 13.5 Å². The molecule has 0 unspecified atom stereocenters. The number of nitrogens with zero attached hydrogens (tertiary/aromatic N) is 1. The molecule has 0 radical (unpaired) electrons. The summed E-state index contributed by atoms with van der Waals surface area (Å²) in [5, 5.41) is 0. The lowest BCUT2D eigenvalue weighted by molar-refractivity contribution is -0.136. The minimum atomic E-state index is -0.464. The maximum absolute atomic E-state index is 13.2. The molecule has 3 rings (SSSR count). The molecule has 1 aliphatic carbocycles. The SMILES string of the molecule is COC(=O)C1=C(C)N(C2CCCCC2)C(=O)/C1=C\c1ccc(OC)cc1. The summed E-state index contributed by atoms with van der Waals surface area (Å²) >= 11 is 0. The van der Waals surface area contributed by atoms with Gasteiger partial charge in [0.05, 0.1) is 25.4 Å². The van der Waals surface area contributed by atoms with Gasteiger partial charge in [0, 0.05) is 11.7 Å². The summed E-state index contributed by atoms with van der Waals surface area (Å²) in [6.45, 7) is 1.84. The number of benzene rings is 1. The zero-order valence-corrected chi connectivity index (χ0v) is 15.6. The fourth-order valence-corrected chi connectivity index (χ4v) is 3.84. The predicted octanol–water partition coefficient (Wildman–Crippen LogP) is 3.70. The van der Waals surface area contributed by atoms with Crippen molar-refractivity contribution in [2.24, 2.45) is 0 Å². The maximum atomic E-state index is 13.2. The molecular weight excluding hydrogens is 330 g/mol. The number of methoxy groups -OCH3 is 2. The third-order valence-electron chi connectivity index (χ3n) is 5.20. The number of ether oxygens (including phenoxy) is 2. The second-order valence-electron chi connectivity index (χ2n) is 6.75. The summed E-state index contributed by atoms with van der Waals surface area (Å²) in [5.41, 5.74) is 2.33. The maximum Gasteiger partial charge on any atom is 0.340 e. The Hall–Kier alpha value is -2.56. The summed E-state index contributed by atoms with van der Waals surface area (Å²) in [4.78, 5) is 27.3. The summed E-state index contributed by atoms with van der Waals surface area (Å²) < 4.78 is 10.1. The monoisotopic (exact) mass is 355 g/mol. The quantitative estimate of drug-likeness (QED) is 0.610. The molecule has 1 heterocycles. The molecule has 0 bridgehead atoms. The Morgan fingerprint density at radius 2 is 1.77 bits per heavy atom. The molecule has 0 aromatic heterocycles. The first-order valence-electron chi connectivity index (χ1n) is 9.05. The summed E-state index contributed by atoms with van der Waals surface area (Å²) in [6.07, 6.45) is 7.17. The average molecular weight is 355 g/mol. The molecule has 1 aliphatic heterocycles. The standard InChI is InChI=1S/C21H25NO4/c1-14-19(21(24)26-3)18(13-15-9-11-17(25-2)12-10-15)20(23)22(14)16-7-5-4-6-8-16/h9-13,16H,4-8H2,1-3H3/b18-13-. The fraction of sp³-hybridized carbons (Fsp3) is 0.429. The van der Waals surface area contributed by atoms with Crippen LogP contribution in [0.5, 0.6) is 5.75 Å². The molecule has 1 aromatic carbocycles. The number of allylic oxidation sites excluding steroid dienone is 1. The fourth-order valence-electron chi connectivity index (χ4n) is 3.84. The van der Waals surface area contributed by atoms with Gasteiger partial charge in [-0.05, 0) is 43.5 Å². The molecule has 0 spiro atoms. The van der Waals surface area contributed by atoms with Gasteiger partial charge in [0.25, 0.3) is 5.91 Å². The summed E-state index contributed by atoms with van der Waals surface area (Å²) in [5.74, 6) is 0.174. The Bertz CT molecular complexity index is 755. The molecule has 5 nitrogen and oxygen atoms in total. The topological polar surface area (TPSA) is 55.8 Å². The van der Waals surface area contributed by atoms with Crippen LogP contribution < -0.4 is 4.74 Å². The number of carbonyl (C=O) groups excluding carboxylic acids is 2. The minimum absolute atomic E-state index is 0.106. The van der Waals surface area contributed by atoms with Crippen molar-refractivity contribution in [2.45, 2.75) is 45.1 Å². The van der Waals surface area contributed by atoms with Crippen LogP contribution in [-0.2, 0) is 14.3 Å². The molecule has 2 aliphatic rings. The highest BCUT2D eigenvalue weighted by Crippen LogP contribution is 2.36. The van der Waals surface area contributed by atoms with Crippen LogP contribution in [0.3, 0.4) is 0 Å². The zero-order valence-electron chi connectivity index (χ0n) is 15.6. The molecule has 1 saturated carbocycles. The van der Waals surface area contributed by atoms with E-state index in [2.05, 4.69) is 0 Å². The molecule has 0 saturated heterocycles.